The van der Waals surface area contributed by atoms with Gasteiger partial charge >= 0.3 is 0 Å². The average Bonchev–Trinajstić information content (AvgIpc) is 2.85. The fraction of sp³-hybridized carbons (Fsp3) is 0.929. The van der Waals surface area contributed by atoms with Crippen molar-refractivity contribution < 1.29 is 4.79 Å². The van der Waals surface area contributed by atoms with E-state index in [1.807, 2.05) is 0 Å². The van der Waals surface area contributed by atoms with Gasteiger partial charge in [0.15, 0.2) is 0 Å². The van der Waals surface area contributed by atoms with Crippen LogP contribution < -0.4 is 5.32 Å². The van der Waals surface area contributed by atoms with Gasteiger partial charge in [-0.2, -0.15) is 0 Å². The third-order valence-electron chi connectivity index (χ3n) is 4.33. The maximum atomic E-state index is 12.0. The van der Waals surface area contributed by atoms with Crippen LogP contribution in [0.15, 0.2) is 0 Å². The van der Waals surface area contributed by atoms with Crippen molar-refractivity contribution in [2.45, 2.75) is 52.4 Å². The van der Waals surface area contributed by atoms with Crippen LogP contribution in [-0.4, -0.2) is 12.5 Å². The van der Waals surface area contributed by atoms with E-state index in [1.54, 1.807) is 0 Å². The lowest BCUT2D eigenvalue weighted by atomic mass is 9.88. The Labute approximate surface area is 99.2 Å². The largest absolute Gasteiger partial charge is 0.356 e. The number of carbonyl (C=O) groups is 1. The molecule has 2 saturated carbocycles. The predicted octanol–water partition coefficient (Wildman–Crippen LogP) is 2.98. The number of hydrogen-bond donors (Lipinski definition) is 1. The van der Waals surface area contributed by atoms with Crippen LogP contribution in [0.2, 0.25) is 0 Å². The quantitative estimate of drug-likeness (QED) is 0.713. The number of nitrogens with one attached hydrogen (secondary N) is 1. The second-order valence-electron chi connectivity index (χ2n) is 6.11. The van der Waals surface area contributed by atoms with E-state index in [0.717, 1.165) is 30.7 Å². The fourth-order valence-electron chi connectivity index (χ4n) is 3.42. The summed E-state index contributed by atoms with van der Waals surface area (Å²) < 4.78 is 0. The van der Waals surface area contributed by atoms with Gasteiger partial charge in [-0.3, -0.25) is 4.79 Å². The number of fused-ring (bicyclic) bond motifs is 2. The van der Waals surface area contributed by atoms with Crippen molar-refractivity contribution in [3.63, 3.8) is 0 Å². The number of rotatable bonds is 5. The topological polar surface area (TPSA) is 29.1 Å². The Morgan fingerprint density at radius 2 is 2.12 bits per heavy atom. The van der Waals surface area contributed by atoms with Gasteiger partial charge in [0.1, 0.15) is 0 Å². The standard InChI is InChI=1S/C14H25NO/c1-10(2)4-3-7-15-14(16)13-9-11-5-6-12(13)8-11/h10-13H,3-9H2,1-2H3,(H,15,16). The molecule has 3 atom stereocenters. The van der Waals surface area contributed by atoms with Gasteiger partial charge in [-0.25, -0.2) is 0 Å². The Bertz CT molecular complexity index is 249. The molecule has 1 amide bonds. The summed E-state index contributed by atoms with van der Waals surface area (Å²) >= 11 is 0. The molecule has 0 aromatic heterocycles. The smallest absolute Gasteiger partial charge is 0.223 e. The van der Waals surface area contributed by atoms with Crippen molar-refractivity contribution >= 4 is 5.91 Å². The average molecular weight is 223 g/mol. The molecule has 2 bridgehead atoms. The second kappa shape index (κ2) is 5.20. The molecule has 0 aromatic rings. The SMILES string of the molecule is CC(C)CCCNC(=O)C1CC2CCC1C2. The first-order valence-corrected chi connectivity index (χ1v) is 6.94. The molecule has 2 aliphatic carbocycles. The zero-order valence-electron chi connectivity index (χ0n) is 10.7. The lowest BCUT2D eigenvalue weighted by molar-refractivity contribution is -0.126. The zero-order valence-corrected chi connectivity index (χ0v) is 10.7. The first-order chi connectivity index (χ1) is 7.66. The van der Waals surface area contributed by atoms with Crippen LogP contribution in [0.25, 0.3) is 0 Å². The molecule has 92 valence electrons. The van der Waals surface area contributed by atoms with E-state index < -0.39 is 0 Å². The maximum Gasteiger partial charge on any atom is 0.223 e. The van der Waals surface area contributed by atoms with Crippen LogP contribution in [0.5, 0.6) is 0 Å². The van der Waals surface area contributed by atoms with Crippen LogP contribution >= 0.6 is 0 Å². The van der Waals surface area contributed by atoms with E-state index in [0.29, 0.717) is 11.8 Å². The first-order valence-electron chi connectivity index (χ1n) is 6.94. The molecule has 3 unspecified atom stereocenters. The van der Waals surface area contributed by atoms with Crippen molar-refractivity contribution in [1.29, 1.82) is 0 Å². The number of carbonyl (C=O) groups excluding carboxylic acids is 1. The highest BCUT2D eigenvalue weighted by atomic mass is 16.1. The highest BCUT2D eigenvalue weighted by Gasteiger charge is 2.42. The summed E-state index contributed by atoms with van der Waals surface area (Å²) in [6.45, 7) is 5.35. The summed E-state index contributed by atoms with van der Waals surface area (Å²) in [4.78, 5) is 12.0. The summed E-state index contributed by atoms with van der Waals surface area (Å²) in [7, 11) is 0. The molecule has 2 heteroatoms. The van der Waals surface area contributed by atoms with Crippen molar-refractivity contribution in [1.82, 2.24) is 5.32 Å². The van der Waals surface area contributed by atoms with Crippen LogP contribution in [0.4, 0.5) is 0 Å². The molecule has 0 spiro atoms. The maximum absolute atomic E-state index is 12.0. The third kappa shape index (κ3) is 2.78. The summed E-state index contributed by atoms with van der Waals surface area (Å²) in [5, 5.41) is 3.13. The van der Waals surface area contributed by atoms with E-state index in [-0.39, 0.29) is 0 Å². The summed E-state index contributed by atoms with van der Waals surface area (Å²) in [6, 6.07) is 0. The molecule has 0 aliphatic heterocycles. The molecule has 2 rings (SSSR count). The van der Waals surface area contributed by atoms with Crippen LogP contribution in [0.1, 0.15) is 52.4 Å². The van der Waals surface area contributed by atoms with Gasteiger partial charge in [0.05, 0.1) is 0 Å². The van der Waals surface area contributed by atoms with Crippen LogP contribution in [-0.2, 0) is 4.79 Å². The highest BCUT2D eigenvalue weighted by Crippen LogP contribution is 2.48. The first kappa shape index (κ1) is 11.9. The molecule has 16 heavy (non-hydrogen) atoms. The minimum atomic E-state index is 0.343. The summed E-state index contributed by atoms with van der Waals surface area (Å²) in [5.74, 6) is 3.04. The Kier molecular flexibility index (Phi) is 3.88. The van der Waals surface area contributed by atoms with Gasteiger partial charge in [-0.05, 0) is 49.9 Å². The number of hydrogen-bond acceptors (Lipinski definition) is 1. The molecule has 0 aromatic carbocycles. The monoisotopic (exact) mass is 223 g/mol. The van der Waals surface area contributed by atoms with E-state index in [9.17, 15) is 4.79 Å². The minimum Gasteiger partial charge on any atom is -0.356 e. The van der Waals surface area contributed by atoms with Gasteiger partial charge in [0, 0.05) is 12.5 Å². The molecule has 1 N–H and O–H groups in total. The second-order valence-corrected chi connectivity index (χ2v) is 6.11. The number of amides is 1. The molecule has 0 heterocycles. The zero-order chi connectivity index (χ0) is 11.5. The van der Waals surface area contributed by atoms with E-state index in [4.69, 9.17) is 0 Å². The van der Waals surface area contributed by atoms with E-state index in [2.05, 4.69) is 19.2 Å². The molecule has 0 saturated heterocycles. The van der Waals surface area contributed by atoms with Crippen LogP contribution in [0, 0.1) is 23.7 Å². The Hall–Kier alpha value is -0.530. The van der Waals surface area contributed by atoms with E-state index in [1.165, 1.54) is 32.1 Å². The lowest BCUT2D eigenvalue weighted by Gasteiger charge is -2.20. The normalized spacial score (nSPS) is 32.3. The van der Waals surface area contributed by atoms with Crippen LogP contribution in [0.3, 0.4) is 0 Å². The highest BCUT2D eigenvalue weighted by molar-refractivity contribution is 5.79. The third-order valence-corrected chi connectivity index (χ3v) is 4.33. The Balaban J connectivity index is 1.65. The van der Waals surface area contributed by atoms with Gasteiger partial charge in [-0.15, -0.1) is 0 Å². The van der Waals surface area contributed by atoms with Crippen molar-refractivity contribution in [3.05, 3.63) is 0 Å². The molecule has 2 aliphatic rings. The van der Waals surface area contributed by atoms with Gasteiger partial charge in [-0.1, -0.05) is 20.3 Å². The fourth-order valence-corrected chi connectivity index (χ4v) is 3.42. The minimum absolute atomic E-state index is 0.343. The molecule has 2 fully saturated rings. The summed E-state index contributed by atoms with van der Waals surface area (Å²) in [6.07, 6.45) is 7.52. The molecule has 0 radical (unpaired) electrons. The van der Waals surface area contributed by atoms with Gasteiger partial charge in [0.25, 0.3) is 0 Å². The molecular weight excluding hydrogens is 198 g/mol. The summed E-state index contributed by atoms with van der Waals surface area (Å²) in [5.41, 5.74) is 0. The predicted molar refractivity (Wildman–Crippen MR) is 66.0 cm³/mol. The van der Waals surface area contributed by atoms with E-state index >= 15 is 0 Å². The van der Waals surface area contributed by atoms with Crippen molar-refractivity contribution in [3.8, 4) is 0 Å². The van der Waals surface area contributed by atoms with Gasteiger partial charge in [0.2, 0.25) is 5.91 Å². The molecular formula is C14H25NO. The molecule has 2 nitrogen and oxygen atoms in total. The lowest BCUT2D eigenvalue weighted by Crippen LogP contribution is -2.34. The Morgan fingerprint density at radius 3 is 2.69 bits per heavy atom. The van der Waals surface area contributed by atoms with Crippen molar-refractivity contribution in [2.24, 2.45) is 23.7 Å². The van der Waals surface area contributed by atoms with Crippen molar-refractivity contribution in [2.75, 3.05) is 6.54 Å². The van der Waals surface area contributed by atoms with Gasteiger partial charge < -0.3 is 5.32 Å². The Morgan fingerprint density at radius 1 is 1.31 bits per heavy atom.